The fraction of sp³-hybridized carbons (Fsp3) is 0.0667. The van der Waals surface area contributed by atoms with Crippen molar-refractivity contribution in [2.45, 2.75) is 6.42 Å². The molecule has 0 bridgehead atoms. The molecule has 0 aliphatic rings. The number of H-pyrrole nitrogens is 1. The van der Waals surface area contributed by atoms with Gasteiger partial charge in [0.25, 0.3) is 0 Å². The smallest absolute Gasteiger partial charge is 0.371 e. The molecule has 1 heterocycles. The third-order valence-electron chi connectivity index (χ3n) is 2.79. The molecule has 0 atom stereocenters. The van der Waals surface area contributed by atoms with Crippen LogP contribution in [-0.2, 0) is 11.2 Å². The van der Waals surface area contributed by atoms with Gasteiger partial charge in [0.15, 0.2) is 0 Å². The molecule has 108 valence electrons. The van der Waals surface area contributed by atoms with E-state index >= 15 is 0 Å². The molecule has 2 aromatic rings. The van der Waals surface area contributed by atoms with Gasteiger partial charge in [-0.3, -0.25) is 4.79 Å². The van der Waals surface area contributed by atoms with Gasteiger partial charge >= 0.3 is 5.97 Å². The number of aliphatic hydroxyl groups is 1. The Morgan fingerprint density at radius 1 is 1.19 bits per heavy atom. The van der Waals surface area contributed by atoms with Gasteiger partial charge in [-0.25, -0.2) is 9.18 Å². The van der Waals surface area contributed by atoms with E-state index < -0.39 is 17.5 Å². The van der Waals surface area contributed by atoms with Crippen LogP contribution in [0.4, 0.5) is 4.39 Å². The normalized spacial score (nSPS) is 11.4. The number of aromatic nitrogens is 1. The number of halogens is 1. The van der Waals surface area contributed by atoms with Gasteiger partial charge in [-0.2, -0.15) is 0 Å². The van der Waals surface area contributed by atoms with Crippen molar-refractivity contribution in [2.24, 2.45) is 0 Å². The van der Waals surface area contributed by atoms with Crippen molar-refractivity contribution in [1.82, 2.24) is 4.98 Å². The second-order valence-electron chi connectivity index (χ2n) is 4.43. The highest BCUT2D eigenvalue weighted by molar-refractivity contribution is 6.06. The summed E-state index contributed by atoms with van der Waals surface area (Å²) in [5.74, 6) is -3.59. The number of hydrogen-bond donors (Lipinski definition) is 3. The van der Waals surface area contributed by atoms with E-state index in [4.69, 9.17) is 10.2 Å². The molecule has 1 aromatic carbocycles. The van der Waals surface area contributed by atoms with Crippen molar-refractivity contribution in [2.75, 3.05) is 0 Å². The van der Waals surface area contributed by atoms with E-state index in [1.54, 1.807) is 18.3 Å². The highest BCUT2D eigenvalue weighted by atomic mass is 19.1. The highest BCUT2D eigenvalue weighted by Gasteiger charge is 2.11. The van der Waals surface area contributed by atoms with Gasteiger partial charge in [-0.15, -0.1) is 0 Å². The molecule has 0 saturated carbocycles. The van der Waals surface area contributed by atoms with Crippen LogP contribution in [0.25, 0.3) is 0 Å². The number of hydrogen-bond acceptors (Lipinski definition) is 3. The molecule has 0 radical (unpaired) electrons. The number of aliphatic hydroxyl groups excluding tert-OH is 1. The van der Waals surface area contributed by atoms with E-state index in [1.165, 1.54) is 18.2 Å². The molecule has 0 unspecified atom stereocenters. The summed E-state index contributed by atoms with van der Waals surface area (Å²) in [6, 6.07) is 7.61. The monoisotopic (exact) mass is 289 g/mol. The largest absolute Gasteiger partial charge is 0.502 e. The molecule has 6 heteroatoms. The molecule has 0 spiro atoms. The van der Waals surface area contributed by atoms with Crippen LogP contribution in [0.1, 0.15) is 21.6 Å². The molecule has 0 fully saturated rings. The minimum atomic E-state index is -1.57. The molecule has 5 nitrogen and oxygen atoms in total. The number of aromatic amines is 1. The first-order chi connectivity index (χ1) is 9.95. The van der Waals surface area contributed by atoms with Gasteiger partial charge < -0.3 is 15.2 Å². The van der Waals surface area contributed by atoms with Crippen LogP contribution < -0.4 is 0 Å². The zero-order valence-corrected chi connectivity index (χ0v) is 10.8. The number of rotatable bonds is 5. The Labute approximate surface area is 119 Å². The molecule has 0 saturated heterocycles. The lowest BCUT2D eigenvalue weighted by Gasteiger charge is -1.98. The van der Waals surface area contributed by atoms with Crippen molar-refractivity contribution in [3.05, 3.63) is 71.0 Å². The van der Waals surface area contributed by atoms with E-state index in [-0.39, 0.29) is 11.5 Å². The summed E-state index contributed by atoms with van der Waals surface area (Å²) in [4.78, 5) is 24.8. The number of carboxylic acid groups (broad SMARTS) is 1. The summed E-state index contributed by atoms with van der Waals surface area (Å²) in [6.45, 7) is 0. The third kappa shape index (κ3) is 3.79. The summed E-state index contributed by atoms with van der Waals surface area (Å²) in [5, 5.41) is 17.5. The van der Waals surface area contributed by atoms with Crippen LogP contribution in [0, 0.1) is 5.82 Å². The fourth-order valence-electron chi connectivity index (χ4n) is 1.83. The summed E-state index contributed by atoms with van der Waals surface area (Å²) >= 11 is 0. The maximum absolute atomic E-state index is 13.1. The lowest BCUT2D eigenvalue weighted by Crippen LogP contribution is -2.04. The van der Waals surface area contributed by atoms with Crippen LogP contribution in [0.5, 0.6) is 0 Å². The van der Waals surface area contributed by atoms with E-state index in [0.29, 0.717) is 12.5 Å². The fourth-order valence-corrected chi connectivity index (χ4v) is 1.83. The number of carbonyl (C=O) groups excluding carboxylic acids is 1. The van der Waals surface area contributed by atoms with Crippen molar-refractivity contribution in [3.63, 3.8) is 0 Å². The Morgan fingerprint density at radius 2 is 1.95 bits per heavy atom. The van der Waals surface area contributed by atoms with Gasteiger partial charge in [0.05, 0.1) is 5.69 Å². The molecular weight excluding hydrogens is 277 g/mol. The average molecular weight is 289 g/mol. The number of allylic oxidation sites excluding steroid dienone is 1. The van der Waals surface area contributed by atoms with Crippen molar-refractivity contribution in [3.8, 4) is 0 Å². The summed E-state index contributed by atoms with van der Waals surface area (Å²) < 4.78 is 13.1. The maximum atomic E-state index is 13.1. The first kappa shape index (κ1) is 14.5. The predicted octanol–water partition coefficient (Wildman–Crippen LogP) is 2.45. The maximum Gasteiger partial charge on any atom is 0.371 e. The lowest BCUT2D eigenvalue weighted by molar-refractivity contribution is -0.135. The van der Waals surface area contributed by atoms with Gasteiger partial charge in [-0.1, -0.05) is 12.1 Å². The first-order valence-corrected chi connectivity index (χ1v) is 6.05. The van der Waals surface area contributed by atoms with Crippen molar-refractivity contribution in [1.29, 1.82) is 0 Å². The molecule has 0 aliphatic heterocycles. The van der Waals surface area contributed by atoms with E-state index in [9.17, 15) is 14.0 Å². The lowest BCUT2D eigenvalue weighted by atomic mass is 10.1. The molecule has 0 aliphatic carbocycles. The summed E-state index contributed by atoms with van der Waals surface area (Å²) in [6.07, 6.45) is 2.63. The Balaban J connectivity index is 2.13. The van der Waals surface area contributed by atoms with Gasteiger partial charge in [0, 0.05) is 12.3 Å². The van der Waals surface area contributed by atoms with E-state index in [1.807, 2.05) is 0 Å². The second kappa shape index (κ2) is 6.04. The number of benzene rings is 1. The average Bonchev–Trinajstić information content (AvgIpc) is 2.87. The van der Waals surface area contributed by atoms with Crippen molar-refractivity contribution >= 4 is 11.8 Å². The zero-order chi connectivity index (χ0) is 15.4. The van der Waals surface area contributed by atoms with Gasteiger partial charge in [0.2, 0.25) is 11.5 Å². The third-order valence-corrected chi connectivity index (χ3v) is 2.79. The first-order valence-electron chi connectivity index (χ1n) is 6.05. The van der Waals surface area contributed by atoms with E-state index in [2.05, 4.69) is 4.98 Å². The van der Waals surface area contributed by atoms with Crippen LogP contribution in [0.3, 0.4) is 0 Å². The summed E-state index contributed by atoms with van der Waals surface area (Å²) in [7, 11) is 0. The Hall–Kier alpha value is -2.89. The highest BCUT2D eigenvalue weighted by Crippen LogP contribution is 2.13. The molecule has 0 amide bonds. The predicted molar refractivity (Wildman–Crippen MR) is 72.7 cm³/mol. The second-order valence-corrected chi connectivity index (χ2v) is 4.43. The zero-order valence-electron chi connectivity index (χ0n) is 10.8. The van der Waals surface area contributed by atoms with Crippen LogP contribution >= 0.6 is 0 Å². The molecule has 21 heavy (non-hydrogen) atoms. The van der Waals surface area contributed by atoms with Crippen LogP contribution in [-0.4, -0.2) is 26.9 Å². The Bertz CT molecular complexity index is 718. The number of ketones is 1. The quantitative estimate of drug-likeness (QED) is 0.448. The Morgan fingerprint density at radius 3 is 2.62 bits per heavy atom. The molecular formula is C15H12FNO4. The van der Waals surface area contributed by atoms with Crippen LogP contribution in [0.15, 0.2) is 48.4 Å². The number of carboxylic acids is 1. The topological polar surface area (TPSA) is 90.4 Å². The van der Waals surface area contributed by atoms with Crippen LogP contribution in [0.2, 0.25) is 0 Å². The van der Waals surface area contributed by atoms with Gasteiger partial charge in [0.1, 0.15) is 5.82 Å². The molecule has 3 N–H and O–H groups in total. The van der Waals surface area contributed by atoms with Gasteiger partial charge in [-0.05, 0) is 35.7 Å². The Kier molecular flexibility index (Phi) is 4.18. The van der Waals surface area contributed by atoms with E-state index in [0.717, 1.165) is 11.1 Å². The number of nitrogens with one attached hydrogen (secondary N) is 1. The SMILES string of the molecule is O=C(O)/C(O)=C/C(=O)c1cc(Cc2cccc(F)c2)c[nH]1. The minimum absolute atomic E-state index is 0.147. The number of aliphatic carboxylic acids is 1. The van der Waals surface area contributed by atoms with Crippen molar-refractivity contribution < 1.29 is 24.2 Å². The molecule has 1 aromatic heterocycles. The minimum Gasteiger partial charge on any atom is -0.502 e. The number of carbonyl (C=O) groups is 2. The summed E-state index contributed by atoms with van der Waals surface area (Å²) in [5.41, 5.74) is 1.64. The standard InChI is InChI=1S/C15H12FNO4/c16-11-3-1-2-9(5-11)4-10-6-12(17-8-10)13(18)7-14(19)15(20)21/h1-3,5-8,17,19H,4H2,(H,20,21)/b14-7-. The molecule has 2 rings (SSSR count).